The molecule has 0 unspecified atom stereocenters. The van der Waals surface area contributed by atoms with Crippen LogP contribution in [0.4, 0.5) is 0 Å². The van der Waals surface area contributed by atoms with E-state index in [1.165, 1.54) is 11.8 Å². The highest BCUT2D eigenvalue weighted by molar-refractivity contribution is 8.00. The van der Waals surface area contributed by atoms with Gasteiger partial charge in [-0.25, -0.2) is 18.3 Å². The molecule has 10 heteroatoms. The standard InChI is InChI=1S/C15H26N4O4S2/c1-4-6-8-19-14(21)16-17-15(19)24-11(3)13(20)18(5-2)12-7-9-25(22,23)10-12/h11-12H,4-10H2,1-3H3,(H,16,21)/t11-,12+/m1/s1. The monoisotopic (exact) mass is 390 g/mol. The molecule has 2 atom stereocenters. The van der Waals surface area contributed by atoms with Gasteiger partial charge in [-0.1, -0.05) is 25.1 Å². The highest BCUT2D eigenvalue weighted by atomic mass is 32.2. The number of aromatic amines is 1. The van der Waals surface area contributed by atoms with Crippen LogP contribution in [0.25, 0.3) is 0 Å². The Kier molecular flexibility index (Phi) is 6.72. The number of carbonyl (C=O) groups excluding carboxylic acids is 1. The van der Waals surface area contributed by atoms with E-state index in [-0.39, 0.29) is 29.1 Å². The maximum atomic E-state index is 12.8. The molecule has 1 aromatic rings. The summed E-state index contributed by atoms with van der Waals surface area (Å²) in [6, 6.07) is -0.257. The summed E-state index contributed by atoms with van der Waals surface area (Å²) >= 11 is 1.23. The molecule has 1 saturated heterocycles. The Bertz CT molecular complexity index is 756. The fourth-order valence-corrected chi connectivity index (χ4v) is 5.65. The van der Waals surface area contributed by atoms with Crippen molar-refractivity contribution in [2.75, 3.05) is 18.1 Å². The first-order chi connectivity index (χ1) is 11.8. The van der Waals surface area contributed by atoms with Crippen molar-refractivity contribution in [3.63, 3.8) is 0 Å². The maximum Gasteiger partial charge on any atom is 0.343 e. The van der Waals surface area contributed by atoms with E-state index >= 15 is 0 Å². The van der Waals surface area contributed by atoms with E-state index in [4.69, 9.17) is 0 Å². The molecular weight excluding hydrogens is 364 g/mol. The second-order valence-electron chi connectivity index (χ2n) is 6.26. The van der Waals surface area contributed by atoms with E-state index in [1.807, 2.05) is 13.8 Å². The number of rotatable bonds is 8. The summed E-state index contributed by atoms with van der Waals surface area (Å²) < 4.78 is 24.9. The third kappa shape index (κ3) is 4.87. The second-order valence-corrected chi connectivity index (χ2v) is 9.79. The molecule has 0 aromatic carbocycles. The molecule has 2 heterocycles. The number of aromatic nitrogens is 3. The maximum absolute atomic E-state index is 12.8. The molecule has 2 rings (SSSR count). The van der Waals surface area contributed by atoms with Crippen LogP contribution in [0.15, 0.2) is 9.95 Å². The van der Waals surface area contributed by atoms with E-state index in [0.29, 0.717) is 24.7 Å². The number of sulfone groups is 1. The molecule has 0 aliphatic carbocycles. The first kappa shape index (κ1) is 20.0. The normalized spacial score (nSPS) is 20.5. The van der Waals surface area contributed by atoms with Crippen LogP contribution >= 0.6 is 11.8 Å². The van der Waals surface area contributed by atoms with Crippen LogP contribution in [0.5, 0.6) is 0 Å². The summed E-state index contributed by atoms with van der Waals surface area (Å²) in [5, 5.41) is 6.50. The Labute approximate surface area is 152 Å². The van der Waals surface area contributed by atoms with E-state index < -0.39 is 15.1 Å². The number of nitrogens with one attached hydrogen (secondary N) is 1. The van der Waals surface area contributed by atoms with E-state index in [1.54, 1.807) is 16.4 Å². The molecule has 1 amide bonds. The van der Waals surface area contributed by atoms with Crippen molar-refractivity contribution in [2.24, 2.45) is 0 Å². The lowest BCUT2D eigenvalue weighted by Crippen LogP contribution is -2.44. The molecule has 0 saturated carbocycles. The summed E-state index contributed by atoms with van der Waals surface area (Å²) in [6.45, 7) is 6.69. The summed E-state index contributed by atoms with van der Waals surface area (Å²) in [6.07, 6.45) is 2.30. The third-order valence-electron chi connectivity index (χ3n) is 4.36. The number of thioether (sulfide) groups is 1. The topological polar surface area (TPSA) is 105 Å². The first-order valence-corrected chi connectivity index (χ1v) is 11.3. The molecule has 1 aliphatic rings. The minimum atomic E-state index is -3.05. The summed E-state index contributed by atoms with van der Waals surface area (Å²) in [5.74, 6) is 0.0547. The van der Waals surface area contributed by atoms with Gasteiger partial charge in [-0.2, -0.15) is 0 Å². The Hall–Kier alpha value is -1.29. The van der Waals surface area contributed by atoms with Crippen LogP contribution in [0, 0.1) is 0 Å². The number of unbranched alkanes of at least 4 members (excludes halogenated alkanes) is 1. The minimum absolute atomic E-state index is 0.0353. The van der Waals surface area contributed by atoms with Gasteiger partial charge < -0.3 is 4.90 Å². The van der Waals surface area contributed by atoms with Crippen LogP contribution in [-0.4, -0.2) is 63.3 Å². The zero-order chi connectivity index (χ0) is 18.6. The van der Waals surface area contributed by atoms with Crippen LogP contribution in [0.2, 0.25) is 0 Å². The lowest BCUT2D eigenvalue weighted by atomic mass is 10.2. The van der Waals surface area contributed by atoms with Gasteiger partial charge in [-0.3, -0.25) is 9.36 Å². The van der Waals surface area contributed by atoms with Gasteiger partial charge >= 0.3 is 5.69 Å². The fourth-order valence-electron chi connectivity index (χ4n) is 2.96. The number of hydrogen-bond acceptors (Lipinski definition) is 6. The van der Waals surface area contributed by atoms with Crippen molar-refractivity contribution >= 4 is 27.5 Å². The smallest absolute Gasteiger partial charge is 0.338 e. The van der Waals surface area contributed by atoms with Gasteiger partial charge in [0.25, 0.3) is 0 Å². The second kappa shape index (κ2) is 8.39. The fraction of sp³-hybridized carbons (Fsp3) is 0.800. The number of carbonyl (C=O) groups is 1. The van der Waals surface area contributed by atoms with Crippen LogP contribution in [0.1, 0.15) is 40.0 Å². The van der Waals surface area contributed by atoms with Gasteiger partial charge in [0.15, 0.2) is 15.0 Å². The SMILES string of the molecule is CCCCn1c(S[C@H](C)C(=O)N(CC)[C@H]2CCS(=O)(=O)C2)n[nH]c1=O. The van der Waals surface area contributed by atoms with Crippen LogP contribution < -0.4 is 5.69 Å². The summed E-state index contributed by atoms with van der Waals surface area (Å²) in [5.41, 5.74) is -0.273. The highest BCUT2D eigenvalue weighted by Gasteiger charge is 2.35. The lowest BCUT2D eigenvalue weighted by molar-refractivity contribution is -0.131. The molecule has 25 heavy (non-hydrogen) atoms. The lowest BCUT2D eigenvalue weighted by Gasteiger charge is -2.29. The first-order valence-electron chi connectivity index (χ1n) is 8.61. The van der Waals surface area contributed by atoms with E-state index in [0.717, 1.165) is 12.8 Å². The summed E-state index contributed by atoms with van der Waals surface area (Å²) in [7, 11) is -3.05. The van der Waals surface area contributed by atoms with E-state index in [9.17, 15) is 18.0 Å². The number of amides is 1. The molecule has 142 valence electrons. The minimum Gasteiger partial charge on any atom is -0.338 e. The molecule has 1 aliphatic heterocycles. The molecule has 0 spiro atoms. The molecule has 8 nitrogen and oxygen atoms in total. The van der Waals surface area contributed by atoms with Gasteiger partial charge in [0, 0.05) is 19.1 Å². The van der Waals surface area contributed by atoms with Crippen LogP contribution in [-0.2, 0) is 21.2 Å². The third-order valence-corrected chi connectivity index (χ3v) is 7.19. The quantitative estimate of drug-likeness (QED) is 0.661. The van der Waals surface area contributed by atoms with Crippen molar-refractivity contribution in [3.8, 4) is 0 Å². The molecule has 0 bridgehead atoms. The Morgan fingerprint density at radius 1 is 1.48 bits per heavy atom. The number of nitrogens with zero attached hydrogens (tertiary/aromatic N) is 3. The van der Waals surface area contributed by atoms with Gasteiger partial charge in [-0.05, 0) is 26.7 Å². The van der Waals surface area contributed by atoms with Crippen molar-refractivity contribution in [1.29, 1.82) is 0 Å². The molecular formula is C15H26N4O4S2. The van der Waals surface area contributed by atoms with Gasteiger partial charge in [0.05, 0.1) is 16.8 Å². The van der Waals surface area contributed by atoms with Gasteiger partial charge in [-0.15, -0.1) is 5.10 Å². The molecule has 1 aromatic heterocycles. The van der Waals surface area contributed by atoms with Gasteiger partial charge in [0.1, 0.15) is 0 Å². The van der Waals surface area contributed by atoms with E-state index in [2.05, 4.69) is 10.2 Å². The molecule has 1 N–H and O–H groups in total. The predicted molar refractivity (Wildman–Crippen MR) is 97.5 cm³/mol. The van der Waals surface area contributed by atoms with Crippen molar-refractivity contribution < 1.29 is 13.2 Å². The largest absolute Gasteiger partial charge is 0.343 e. The van der Waals surface area contributed by atoms with Crippen molar-refractivity contribution in [2.45, 2.75) is 63.0 Å². The van der Waals surface area contributed by atoms with Gasteiger partial charge in [0.2, 0.25) is 5.91 Å². The zero-order valence-corrected chi connectivity index (χ0v) is 16.5. The Morgan fingerprint density at radius 3 is 2.76 bits per heavy atom. The highest BCUT2D eigenvalue weighted by Crippen LogP contribution is 2.25. The zero-order valence-electron chi connectivity index (χ0n) is 14.9. The Morgan fingerprint density at radius 2 is 2.20 bits per heavy atom. The predicted octanol–water partition coefficient (Wildman–Crippen LogP) is 0.888. The molecule has 0 radical (unpaired) electrons. The average Bonchev–Trinajstić information content (AvgIpc) is 3.08. The summed E-state index contributed by atoms with van der Waals surface area (Å²) in [4.78, 5) is 26.3. The van der Waals surface area contributed by atoms with Crippen molar-refractivity contribution in [3.05, 3.63) is 10.5 Å². The van der Waals surface area contributed by atoms with Crippen LogP contribution in [0.3, 0.4) is 0 Å². The number of hydrogen-bond donors (Lipinski definition) is 1. The van der Waals surface area contributed by atoms with Crippen molar-refractivity contribution in [1.82, 2.24) is 19.7 Å². The number of H-pyrrole nitrogens is 1. The Balaban J connectivity index is 2.08. The average molecular weight is 391 g/mol. The molecule has 1 fully saturated rings.